The van der Waals surface area contributed by atoms with Crippen molar-refractivity contribution < 1.29 is 29.5 Å². The predicted molar refractivity (Wildman–Crippen MR) is 116 cm³/mol. The number of aryl methyl sites for hydroxylation is 2. The normalized spacial score (nSPS) is 21.1. The number of benzene rings is 2. The van der Waals surface area contributed by atoms with Gasteiger partial charge >= 0.3 is 0 Å². The molecule has 0 amide bonds. The maximum Gasteiger partial charge on any atom is 0.137 e. The molecule has 0 radical (unpaired) electrons. The van der Waals surface area contributed by atoms with Crippen LogP contribution in [0.3, 0.4) is 0 Å². The van der Waals surface area contributed by atoms with Crippen molar-refractivity contribution in [1.82, 2.24) is 0 Å². The van der Waals surface area contributed by atoms with Crippen LogP contribution in [0.15, 0.2) is 48.5 Å². The molecule has 1 aliphatic rings. The second-order valence-corrected chi connectivity index (χ2v) is 8.37. The molecule has 2 aromatic carbocycles. The van der Waals surface area contributed by atoms with Gasteiger partial charge in [0.25, 0.3) is 0 Å². The van der Waals surface area contributed by atoms with E-state index in [1.165, 1.54) is 9.80 Å². The van der Waals surface area contributed by atoms with Crippen LogP contribution in [0.1, 0.15) is 11.1 Å². The molecular weight excluding hydrogens is 380 g/mol. The molecule has 2 atom stereocenters. The Labute approximate surface area is 179 Å². The second kappa shape index (κ2) is 11.3. The lowest BCUT2D eigenvalue weighted by Crippen LogP contribution is -3.29. The minimum Gasteiger partial charge on any atom is -0.490 e. The van der Waals surface area contributed by atoms with Gasteiger partial charge in [0, 0.05) is 0 Å². The highest BCUT2D eigenvalue weighted by Crippen LogP contribution is 2.16. The highest BCUT2D eigenvalue weighted by Gasteiger charge is 2.27. The fraction of sp³-hybridized carbons (Fsp3) is 0.500. The van der Waals surface area contributed by atoms with Gasteiger partial charge in [0.1, 0.15) is 76.2 Å². The van der Waals surface area contributed by atoms with Crippen LogP contribution in [0.25, 0.3) is 0 Å². The maximum atomic E-state index is 10.4. The van der Waals surface area contributed by atoms with Gasteiger partial charge in [-0.05, 0) is 37.1 Å². The van der Waals surface area contributed by atoms with E-state index in [4.69, 9.17) is 9.47 Å². The van der Waals surface area contributed by atoms with E-state index in [1.54, 1.807) is 0 Å². The summed E-state index contributed by atoms with van der Waals surface area (Å²) in [7, 11) is 0. The number of ether oxygens (including phenoxy) is 2. The fourth-order valence-electron chi connectivity index (χ4n) is 3.96. The molecule has 6 nitrogen and oxygen atoms in total. The zero-order chi connectivity index (χ0) is 21.3. The van der Waals surface area contributed by atoms with Gasteiger partial charge in [0.05, 0.1) is 0 Å². The number of aliphatic hydroxyl groups is 2. The summed E-state index contributed by atoms with van der Waals surface area (Å²) >= 11 is 0. The highest BCUT2D eigenvalue weighted by atomic mass is 16.5. The Morgan fingerprint density at radius 3 is 1.43 bits per heavy atom. The third-order valence-corrected chi connectivity index (χ3v) is 5.76. The third-order valence-electron chi connectivity index (χ3n) is 5.76. The third kappa shape index (κ3) is 6.99. The number of para-hydroxylation sites is 2. The minimum absolute atomic E-state index is 0.319. The molecule has 0 aliphatic carbocycles. The first-order valence-corrected chi connectivity index (χ1v) is 10.9. The molecule has 164 valence electrons. The van der Waals surface area contributed by atoms with E-state index in [-0.39, 0.29) is 0 Å². The molecule has 30 heavy (non-hydrogen) atoms. The van der Waals surface area contributed by atoms with Crippen molar-refractivity contribution in [3.8, 4) is 11.5 Å². The number of aliphatic hydroxyl groups excluding tert-OH is 2. The zero-order valence-electron chi connectivity index (χ0n) is 18.1. The Morgan fingerprint density at radius 2 is 1.07 bits per heavy atom. The molecular formula is C24H36N2O4+2. The van der Waals surface area contributed by atoms with Crippen LogP contribution in [0.5, 0.6) is 11.5 Å². The molecule has 2 aromatic rings. The maximum absolute atomic E-state index is 10.4. The predicted octanol–water partition coefficient (Wildman–Crippen LogP) is -0.734. The van der Waals surface area contributed by atoms with Gasteiger partial charge in [-0.15, -0.1) is 0 Å². The van der Waals surface area contributed by atoms with Crippen LogP contribution in [-0.2, 0) is 0 Å². The number of nitrogens with one attached hydrogen (secondary N) is 2. The number of hydrogen-bond donors (Lipinski definition) is 4. The molecule has 1 heterocycles. The molecule has 0 aromatic heterocycles. The molecule has 0 bridgehead atoms. The van der Waals surface area contributed by atoms with Crippen molar-refractivity contribution in [3.05, 3.63) is 59.7 Å². The van der Waals surface area contributed by atoms with Crippen molar-refractivity contribution in [2.24, 2.45) is 0 Å². The quantitative estimate of drug-likeness (QED) is 0.412. The summed E-state index contributed by atoms with van der Waals surface area (Å²) in [6, 6.07) is 15.7. The Bertz CT molecular complexity index is 712. The Balaban J connectivity index is 1.32. The van der Waals surface area contributed by atoms with Crippen LogP contribution < -0.4 is 19.3 Å². The summed E-state index contributed by atoms with van der Waals surface area (Å²) in [5.41, 5.74) is 2.17. The van der Waals surface area contributed by atoms with Crippen LogP contribution in [-0.4, -0.2) is 74.9 Å². The average Bonchev–Trinajstić information content (AvgIpc) is 2.74. The lowest BCUT2D eigenvalue weighted by molar-refractivity contribution is -1.01. The first-order valence-electron chi connectivity index (χ1n) is 10.9. The van der Waals surface area contributed by atoms with E-state index in [9.17, 15) is 10.2 Å². The lowest BCUT2D eigenvalue weighted by Gasteiger charge is -2.31. The molecule has 1 aliphatic heterocycles. The average molecular weight is 417 g/mol. The van der Waals surface area contributed by atoms with Gasteiger partial charge in [-0.3, -0.25) is 0 Å². The lowest BCUT2D eigenvalue weighted by atomic mass is 10.2. The minimum atomic E-state index is -0.478. The Kier molecular flexibility index (Phi) is 8.51. The molecule has 6 heteroatoms. The number of hydrogen-bond acceptors (Lipinski definition) is 4. The Morgan fingerprint density at radius 1 is 0.700 bits per heavy atom. The van der Waals surface area contributed by atoms with Crippen LogP contribution in [0.2, 0.25) is 0 Å². The second-order valence-electron chi connectivity index (χ2n) is 8.37. The van der Waals surface area contributed by atoms with Crippen molar-refractivity contribution >= 4 is 0 Å². The summed E-state index contributed by atoms with van der Waals surface area (Å²) in [4.78, 5) is 2.79. The van der Waals surface area contributed by atoms with Gasteiger partial charge < -0.3 is 29.5 Å². The first-order chi connectivity index (χ1) is 14.5. The number of quaternary nitrogens is 2. The molecule has 0 saturated carbocycles. The SMILES string of the molecule is Cc1ccccc1OC[C@@H](O)C[NH+]1CC[NH+](C[C@H](O)COc2ccccc2C)CC1. The van der Waals surface area contributed by atoms with E-state index in [2.05, 4.69) is 0 Å². The summed E-state index contributed by atoms with van der Waals surface area (Å²) in [5, 5.41) is 20.7. The van der Waals surface area contributed by atoms with Crippen molar-refractivity contribution in [2.45, 2.75) is 26.1 Å². The van der Waals surface area contributed by atoms with Gasteiger partial charge in [-0.1, -0.05) is 36.4 Å². The largest absolute Gasteiger partial charge is 0.490 e. The van der Waals surface area contributed by atoms with E-state index >= 15 is 0 Å². The van der Waals surface area contributed by atoms with Gasteiger partial charge in [-0.2, -0.15) is 0 Å². The van der Waals surface area contributed by atoms with E-state index < -0.39 is 12.2 Å². The smallest absolute Gasteiger partial charge is 0.137 e. The van der Waals surface area contributed by atoms with Crippen molar-refractivity contribution in [3.63, 3.8) is 0 Å². The van der Waals surface area contributed by atoms with E-state index in [0.29, 0.717) is 26.3 Å². The molecule has 0 spiro atoms. The fourth-order valence-corrected chi connectivity index (χ4v) is 3.96. The summed E-state index contributed by atoms with van der Waals surface area (Å²) < 4.78 is 11.5. The molecule has 3 rings (SSSR count). The monoisotopic (exact) mass is 416 g/mol. The Hall–Kier alpha value is -2.12. The number of piperazine rings is 1. The summed E-state index contributed by atoms with van der Waals surface area (Å²) in [6.07, 6.45) is -0.955. The molecule has 1 saturated heterocycles. The van der Waals surface area contributed by atoms with E-state index in [0.717, 1.165) is 48.8 Å². The van der Waals surface area contributed by atoms with Crippen molar-refractivity contribution in [1.29, 1.82) is 0 Å². The van der Waals surface area contributed by atoms with Crippen LogP contribution in [0.4, 0.5) is 0 Å². The standard InChI is InChI=1S/C24H34N2O4/c1-19-7-3-5-9-23(19)29-17-21(27)15-25-11-13-26(14-12-25)16-22(28)18-30-24-10-6-4-8-20(24)2/h3-10,21-22,27-28H,11-18H2,1-2H3/p+2/t21-,22-/m0/s1. The molecule has 1 fully saturated rings. The van der Waals surface area contributed by atoms with Gasteiger partial charge in [-0.25, -0.2) is 0 Å². The van der Waals surface area contributed by atoms with Crippen LogP contribution in [0, 0.1) is 13.8 Å². The summed E-state index contributed by atoms with van der Waals surface area (Å²) in [5.74, 6) is 1.67. The zero-order valence-corrected chi connectivity index (χ0v) is 18.1. The number of rotatable bonds is 10. The van der Waals surface area contributed by atoms with E-state index in [1.807, 2.05) is 62.4 Å². The first kappa shape index (κ1) is 22.6. The van der Waals surface area contributed by atoms with Gasteiger partial charge in [0.15, 0.2) is 0 Å². The van der Waals surface area contributed by atoms with Crippen LogP contribution >= 0.6 is 0 Å². The van der Waals surface area contributed by atoms with Gasteiger partial charge in [0.2, 0.25) is 0 Å². The van der Waals surface area contributed by atoms with Crippen molar-refractivity contribution in [2.75, 3.05) is 52.5 Å². The summed E-state index contributed by atoms with van der Waals surface area (Å²) in [6.45, 7) is 10.00. The topological polar surface area (TPSA) is 67.8 Å². The highest BCUT2D eigenvalue weighted by molar-refractivity contribution is 5.32. The molecule has 0 unspecified atom stereocenters. The molecule has 4 N–H and O–H groups in total.